The number of nitrogens with one attached hydrogen (secondary N) is 2. The van der Waals surface area contributed by atoms with Crippen LogP contribution in [0.15, 0.2) is 97.1 Å². The van der Waals surface area contributed by atoms with Gasteiger partial charge in [-0.05, 0) is 64.9 Å². The molecule has 1 aliphatic heterocycles. The quantitative estimate of drug-likeness (QED) is 0.205. The lowest BCUT2D eigenvalue weighted by Gasteiger charge is -2.34. The molecule has 0 bridgehead atoms. The molecule has 214 valence electrons. The molecule has 0 spiro atoms. The summed E-state index contributed by atoms with van der Waals surface area (Å²) in [7, 11) is 2.14. The molecule has 1 heterocycles. The van der Waals surface area contributed by atoms with E-state index in [4.69, 9.17) is 0 Å². The molecular weight excluding hydrogens is 518 g/mol. The minimum Gasteiger partial charge on any atom is -0.356 e. The van der Waals surface area contributed by atoms with Crippen LogP contribution in [0, 0.1) is 0 Å². The fraction of sp³-hybridized carbons (Fsp3) is 0.297. The molecular formula is C37H39N3O2. The highest BCUT2D eigenvalue weighted by molar-refractivity contribution is 5.91. The zero-order valence-electron chi connectivity index (χ0n) is 24.3. The molecule has 0 saturated carbocycles. The lowest BCUT2D eigenvalue weighted by atomic mass is 9.84. The van der Waals surface area contributed by atoms with Crippen LogP contribution in [0.1, 0.15) is 71.8 Å². The van der Waals surface area contributed by atoms with Crippen LogP contribution in [0.4, 0.5) is 5.69 Å². The summed E-state index contributed by atoms with van der Waals surface area (Å²) in [6, 6.07) is 33.7. The lowest BCUT2D eigenvalue weighted by molar-refractivity contribution is -0.121. The van der Waals surface area contributed by atoms with E-state index >= 15 is 0 Å². The van der Waals surface area contributed by atoms with Crippen molar-refractivity contribution in [3.63, 3.8) is 0 Å². The predicted molar refractivity (Wildman–Crippen MR) is 170 cm³/mol. The number of fused-ring (bicyclic) bond motifs is 4. The van der Waals surface area contributed by atoms with Gasteiger partial charge in [0.05, 0.1) is 0 Å². The third kappa shape index (κ3) is 6.02. The SMILES string of the molecule is CN1Cc2c(NC(=O)CCCCCNC(=O)CC3c4ccccc4-c4ccccc43)cccc2C(c2ccccc2)C1. The fourth-order valence-electron chi connectivity index (χ4n) is 6.70. The summed E-state index contributed by atoms with van der Waals surface area (Å²) >= 11 is 0. The molecule has 5 nitrogen and oxygen atoms in total. The number of hydrogen-bond donors (Lipinski definition) is 2. The molecule has 2 N–H and O–H groups in total. The topological polar surface area (TPSA) is 61.4 Å². The van der Waals surface area contributed by atoms with Gasteiger partial charge in [-0.2, -0.15) is 0 Å². The van der Waals surface area contributed by atoms with Gasteiger partial charge in [0.1, 0.15) is 0 Å². The maximum absolute atomic E-state index is 12.9. The first-order valence-electron chi connectivity index (χ1n) is 15.2. The summed E-state index contributed by atoms with van der Waals surface area (Å²) < 4.78 is 0. The average Bonchev–Trinajstić information content (AvgIpc) is 3.32. The number of benzene rings is 4. The molecule has 5 heteroatoms. The fourth-order valence-corrected chi connectivity index (χ4v) is 6.70. The largest absolute Gasteiger partial charge is 0.356 e. The summed E-state index contributed by atoms with van der Waals surface area (Å²) in [5.41, 5.74) is 9.70. The Morgan fingerprint density at radius 3 is 2.14 bits per heavy atom. The van der Waals surface area contributed by atoms with Gasteiger partial charge >= 0.3 is 0 Å². The Bertz CT molecular complexity index is 1520. The predicted octanol–water partition coefficient (Wildman–Crippen LogP) is 7.08. The molecule has 2 amide bonds. The zero-order chi connectivity index (χ0) is 28.9. The van der Waals surface area contributed by atoms with E-state index in [9.17, 15) is 9.59 Å². The first kappa shape index (κ1) is 27.9. The Labute approximate surface area is 249 Å². The van der Waals surface area contributed by atoms with Crippen LogP contribution < -0.4 is 10.6 Å². The second-order valence-corrected chi connectivity index (χ2v) is 11.7. The van der Waals surface area contributed by atoms with E-state index in [0.717, 1.165) is 38.0 Å². The van der Waals surface area contributed by atoms with Gasteiger partial charge in [0.2, 0.25) is 11.8 Å². The molecule has 0 aromatic heterocycles. The molecule has 4 aromatic carbocycles. The molecule has 0 radical (unpaired) electrons. The third-order valence-electron chi connectivity index (χ3n) is 8.74. The van der Waals surface area contributed by atoms with Crippen molar-refractivity contribution in [1.29, 1.82) is 0 Å². The monoisotopic (exact) mass is 557 g/mol. The highest BCUT2D eigenvalue weighted by atomic mass is 16.2. The van der Waals surface area contributed by atoms with Crippen LogP contribution in [0.5, 0.6) is 0 Å². The van der Waals surface area contributed by atoms with Gasteiger partial charge in [0, 0.05) is 50.0 Å². The Balaban J connectivity index is 0.958. The molecule has 42 heavy (non-hydrogen) atoms. The number of nitrogens with zero attached hydrogens (tertiary/aromatic N) is 1. The number of unbranched alkanes of at least 4 members (excludes halogenated alkanes) is 2. The first-order chi connectivity index (χ1) is 20.6. The van der Waals surface area contributed by atoms with Crippen LogP contribution in [0.25, 0.3) is 11.1 Å². The molecule has 2 aliphatic rings. The van der Waals surface area contributed by atoms with Gasteiger partial charge in [-0.15, -0.1) is 0 Å². The minimum absolute atomic E-state index is 0.0514. The van der Waals surface area contributed by atoms with Crippen molar-refractivity contribution < 1.29 is 9.59 Å². The summed E-state index contributed by atoms with van der Waals surface area (Å²) in [5, 5.41) is 6.30. The summed E-state index contributed by atoms with van der Waals surface area (Å²) in [6.45, 7) is 2.43. The molecule has 1 aliphatic carbocycles. The Morgan fingerprint density at radius 1 is 0.738 bits per heavy atom. The van der Waals surface area contributed by atoms with E-state index in [1.54, 1.807) is 0 Å². The summed E-state index contributed by atoms with van der Waals surface area (Å²) in [6.07, 6.45) is 3.49. The van der Waals surface area contributed by atoms with Crippen molar-refractivity contribution in [2.45, 2.75) is 50.5 Å². The summed E-state index contributed by atoms with van der Waals surface area (Å²) in [5.74, 6) is 0.533. The number of carbonyl (C=O) groups is 2. The number of hydrogen-bond acceptors (Lipinski definition) is 3. The molecule has 6 rings (SSSR count). The van der Waals surface area contributed by atoms with E-state index in [0.29, 0.717) is 25.3 Å². The highest BCUT2D eigenvalue weighted by Crippen LogP contribution is 2.46. The number of carbonyl (C=O) groups excluding carboxylic acids is 2. The minimum atomic E-state index is 0.0514. The number of anilines is 1. The van der Waals surface area contributed by atoms with E-state index in [1.807, 2.05) is 6.07 Å². The van der Waals surface area contributed by atoms with E-state index in [1.165, 1.54) is 38.9 Å². The van der Waals surface area contributed by atoms with E-state index in [2.05, 4.69) is 114 Å². The molecule has 1 atom stereocenters. The van der Waals surface area contributed by atoms with Crippen LogP contribution in [-0.2, 0) is 16.1 Å². The number of rotatable bonds is 10. The lowest BCUT2D eigenvalue weighted by Crippen LogP contribution is -2.32. The van der Waals surface area contributed by atoms with Gasteiger partial charge in [-0.3, -0.25) is 9.59 Å². The van der Waals surface area contributed by atoms with Gasteiger partial charge in [-0.25, -0.2) is 0 Å². The third-order valence-corrected chi connectivity index (χ3v) is 8.74. The molecule has 0 saturated heterocycles. The van der Waals surface area contributed by atoms with Crippen molar-refractivity contribution in [2.75, 3.05) is 25.5 Å². The normalized spacial score (nSPS) is 15.9. The van der Waals surface area contributed by atoms with E-state index in [-0.39, 0.29) is 17.7 Å². The molecule has 4 aromatic rings. The number of amides is 2. The second kappa shape index (κ2) is 12.7. The zero-order valence-corrected chi connectivity index (χ0v) is 24.3. The maximum Gasteiger partial charge on any atom is 0.224 e. The maximum atomic E-state index is 12.9. The Hall–Kier alpha value is -4.22. The van der Waals surface area contributed by atoms with Crippen molar-refractivity contribution in [2.24, 2.45) is 0 Å². The van der Waals surface area contributed by atoms with Crippen molar-refractivity contribution in [3.05, 3.63) is 125 Å². The average molecular weight is 558 g/mol. The summed E-state index contributed by atoms with van der Waals surface area (Å²) in [4.78, 5) is 28.0. The Morgan fingerprint density at radius 2 is 1.40 bits per heavy atom. The van der Waals surface area contributed by atoms with Crippen molar-refractivity contribution >= 4 is 17.5 Å². The standard InChI is InChI=1S/C37H39N3O2/c1-40-24-33(26-13-4-2-5-14-26)31-19-12-20-35(34(31)25-40)39-36(41)21-6-3-11-22-38-37(42)23-32-29-17-9-7-15-27(29)28-16-8-10-18-30(28)32/h2,4-5,7-10,12-20,32-33H,3,6,11,21-25H2,1H3,(H,38,42)(H,39,41). The second-order valence-electron chi connectivity index (χ2n) is 11.7. The van der Waals surface area contributed by atoms with Gasteiger partial charge < -0.3 is 15.5 Å². The van der Waals surface area contributed by atoms with Gasteiger partial charge in [0.15, 0.2) is 0 Å². The first-order valence-corrected chi connectivity index (χ1v) is 15.2. The molecule has 1 unspecified atom stereocenters. The van der Waals surface area contributed by atoms with Crippen LogP contribution >= 0.6 is 0 Å². The van der Waals surface area contributed by atoms with Crippen LogP contribution in [0.2, 0.25) is 0 Å². The van der Waals surface area contributed by atoms with Gasteiger partial charge in [0.25, 0.3) is 0 Å². The van der Waals surface area contributed by atoms with Crippen molar-refractivity contribution in [1.82, 2.24) is 10.2 Å². The van der Waals surface area contributed by atoms with Gasteiger partial charge in [-0.1, -0.05) is 97.4 Å². The molecule has 0 fully saturated rings. The van der Waals surface area contributed by atoms with Crippen LogP contribution in [-0.4, -0.2) is 36.9 Å². The van der Waals surface area contributed by atoms with Crippen LogP contribution in [0.3, 0.4) is 0 Å². The smallest absolute Gasteiger partial charge is 0.224 e. The highest BCUT2D eigenvalue weighted by Gasteiger charge is 2.30. The number of likely N-dealkylation sites (N-methyl/N-ethyl adjacent to an activating group) is 1. The Kier molecular flexibility index (Phi) is 8.47. The van der Waals surface area contributed by atoms with Crippen molar-refractivity contribution in [3.8, 4) is 11.1 Å². The van der Waals surface area contributed by atoms with E-state index < -0.39 is 0 Å².